The molecule has 0 fully saturated rings. The number of carbonyl (C=O) groups is 2. The first kappa shape index (κ1) is 16.5. The number of nitrogens with one attached hydrogen (secondary N) is 1. The van der Waals surface area contributed by atoms with Crippen LogP contribution in [-0.4, -0.2) is 24.9 Å². The molecule has 2 aromatic carbocycles. The average molecular weight is 347 g/mol. The van der Waals surface area contributed by atoms with Crippen molar-refractivity contribution in [3.8, 4) is 0 Å². The van der Waals surface area contributed by atoms with E-state index in [4.69, 9.17) is 11.6 Å². The molecular weight excluding hydrogens is 331 g/mol. The van der Waals surface area contributed by atoms with E-state index in [0.717, 1.165) is 17.7 Å². The molecular formula is C18H16ClFN2O2. The Morgan fingerprint density at radius 3 is 2.75 bits per heavy atom. The molecule has 1 N–H and O–H groups in total. The fraction of sp³-hybridized carbons (Fsp3) is 0.222. The standard InChI is InChI=1S/C18H16ClFN2O2/c19-13-5-3-6-14(20)17(13)18(24)21-10-11-22-15-7-2-1-4-12(15)8-9-16(22)23/h1-7H,8-11H2,(H,21,24). The Morgan fingerprint density at radius 1 is 1.17 bits per heavy atom. The Labute approximate surface area is 144 Å². The zero-order valence-corrected chi connectivity index (χ0v) is 13.6. The summed E-state index contributed by atoms with van der Waals surface area (Å²) in [5.41, 5.74) is 1.80. The van der Waals surface area contributed by atoms with Gasteiger partial charge in [-0.25, -0.2) is 4.39 Å². The predicted molar refractivity (Wildman–Crippen MR) is 90.9 cm³/mol. The Kier molecular flexibility index (Phi) is 4.81. The van der Waals surface area contributed by atoms with Crippen LogP contribution in [0.4, 0.5) is 10.1 Å². The van der Waals surface area contributed by atoms with Crippen molar-refractivity contribution in [2.24, 2.45) is 0 Å². The second kappa shape index (κ2) is 7.01. The molecule has 0 radical (unpaired) electrons. The maximum Gasteiger partial charge on any atom is 0.255 e. The molecule has 0 saturated carbocycles. The van der Waals surface area contributed by atoms with E-state index in [9.17, 15) is 14.0 Å². The van der Waals surface area contributed by atoms with E-state index in [1.165, 1.54) is 18.2 Å². The molecule has 1 heterocycles. The van der Waals surface area contributed by atoms with Gasteiger partial charge in [-0.3, -0.25) is 9.59 Å². The molecule has 0 aromatic heterocycles. The van der Waals surface area contributed by atoms with Gasteiger partial charge in [-0.1, -0.05) is 35.9 Å². The van der Waals surface area contributed by atoms with Crippen LogP contribution in [0.25, 0.3) is 0 Å². The average Bonchev–Trinajstić information content (AvgIpc) is 2.57. The summed E-state index contributed by atoms with van der Waals surface area (Å²) < 4.78 is 13.7. The molecule has 1 aliphatic rings. The first-order chi connectivity index (χ1) is 11.6. The first-order valence-corrected chi connectivity index (χ1v) is 8.06. The number of hydrogen-bond donors (Lipinski definition) is 1. The first-order valence-electron chi connectivity index (χ1n) is 7.68. The normalized spacial score (nSPS) is 13.6. The van der Waals surface area contributed by atoms with Crippen LogP contribution in [0.5, 0.6) is 0 Å². The van der Waals surface area contributed by atoms with Gasteiger partial charge in [0, 0.05) is 25.2 Å². The molecule has 0 unspecified atom stereocenters. The smallest absolute Gasteiger partial charge is 0.255 e. The Balaban J connectivity index is 1.67. The van der Waals surface area contributed by atoms with E-state index in [1.54, 1.807) is 4.90 Å². The van der Waals surface area contributed by atoms with E-state index in [1.807, 2.05) is 24.3 Å². The third-order valence-corrected chi connectivity index (χ3v) is 4.32. The highest BCUT2D eigenvalue weighted by Gasteiger charge is 2.23. The minimum atomic E-state index is -0.667. The lowest BCUT2D eigenvalue weighted by Crippen LogP contribution is -2.41. The number of amides is 2. The molecule has 3 rings (SSSR count). The van der Waals surface area contributed by atoms with Crippen molar-refractivity contribution in [2.75, 3.05) is 18.0 Å². The van der Waals surface area contributed by atoms with E-state index in [2.05, 4.69) is 5.32 Å². The number of aryl methyl sites for hydroxylation is 1. The molecule has 124 valence electrons. The van der Waals surface area contributed by atoms with E-state index >= 15 is 0 Å². The number of halogens is 2. The van der Waals surface area contributed by atoms with Crippen molar-refractivity contribution in [1.82, 2.24) is 5.32 Å². The van der Waals surface area contributed by atoms with Gasteiger partial charge in [0.1, 0.15) is 5.82 Å². The van der Waals surface area contributed by atoms with Gasteiger partial charge in [0.2, 0.25) is 5.91 Å². The minimum Gasteiger partial charge on any atom is -0.350 e. The van der Waals surface area contributed by atoms with Crippen LogP contribution in [0.3, 0.4) is 0 Å². The van der Waals surface area contributed by atoms with Crippen LogP contribution >= 0.6 is 11.6 Å². The highest BCUT2D eigenvalue weighted by molar-refractivity contribution is 6.33. The second-order valence-electron chi connectivity index (χ2n) is 5.53. The van der Waals surface area contributed by atoms with Crippen LogP contribution in [0.2, 0.25) is 5.02 Å². The van der Waals surface area contributed by atoms with Gasteiger partial charge in [0.15, 0.2) is 0 Å². The van der Waals surface area contributed by atoms with Crippen molar-refractivity contribution in [3.05, 3.63) is 64.4 Å². The summed E-state index contributed by atoms with van der Waals surface area (Å²) in [6, 6.07) is 11.8. The van der Waals surface area contributed by atoms with Crippen molar-refractivity contribution in [1.29, 1.82) is 0 Å². The lowest BCUT2D eigenvalue weighted by molar-refractivity contribution is -0.118. The maximum absolute atomic E-state index is 13.7. The zero-order chi connectivity index (χ0) is 17.1. The number of carbonyl (C=O) groups excluding carboxylic acids is 2. The number of nitrogens with zero attached hydrogens (tertiary/aromatic N) is 1. The maximum atomic E-state index is 13.7. The molecule has 2 amide bonds. The van der Waals surface area contributed by atoms with Gasteiger partial charge in [0.05, 0.1) is 10.6 Å². The van der Waals surface area contributed by atoms with Gasteiger partial charge in [-0.05, 0) is 30.2 Å². The van der Waals surface area contributed by atoms with Crippen LogP contribution in [-0.2, 0) is 11.2 Å². The van der Waals surface area contributed by atoms with Gasteiger partial charge in [-0.2, -0.15) is 0 Å². The molecule has 0 aliphatic carbocycles. The Hall–Kier alpha value is -2.40. The lowest BCUT2D eigenvalue weighted by Gasteiger charge is -2.29. The molecule has 1 aliphatic heterocycles. The summed E-state index contributed by atoms with van der Waals surface area (Å²) in [5, 5.41) is 2.68. The minimum absolute atomic E-state index is 0.0203. The number of anilines is 1. The fourth-order valence-electron chi connectivity index (χ4n) is 2.83. The van der Waals surface area contributed by atoms with Crippen molar-refractivity contribution in [2.45, 2.75) is 12.8 Å². The monoisotopic (exact) mass is 346 g/mol. The van der Waals surface area contributed by atoms with Crippen LogP contribution in [0.1, 0.15) is 22.3 Å². The Bertz CT molecular complexity index is 774. The van der Waals surface area contributed by atoms with Gasteiger partial charge in [0.25, 0.3) is 5.91 Å². The molecule has 0 bridgehead atoms. The lowest BCUT2D eigenvalue weighted by atomic mass is 10.0. The summed E-state index contributed by atoms with van der Waals surface area (Å²) >= 11 is 5.88. The highest BCUT2D eigenvalue weighted by Crippen LogP contribution is 2.27. The zero-order valence-electron chi connectivity index (χ0n) is 12.9. The van der Waals surface area contributed by atoms with Crippen molar-refractivity contribution in [3.63, 3.8) is 0 Å². The van der Waals surface area contributed by atoms with E-state index in [-0.39, 0.29) is 23.0 Å². The number of benzene rings is 2. The van der Waals surface area contributed by atoms with Crippen molar-refractivity contribution < 1.29 is 14.0 Å². The van der Waals surface area contributed by atoms with E-state index in [0.29, 0.717) is 13.0 Å². The SMILES string of the molecule is O=C(NCCN1C(=O)CCc2ccccc21)c1c(F)cccc1Cl. The predicted octanol–water partition coefficient (Wildman–Crippen LogP) is 3.19. The topological polar surface area (TPSA) is 49.4 Å². The molecule has 4 nitrogen and oxygen atoms in total. The molecule has 24 heavy (non-hydrogen) atoms. The molecule has 0 atom stereocenters. The molecule has 0 spiro atoms. The number of rotatable bonds is 4. The fourth-order valence-corrected chi connectivity index (χ4v) is 3.07. The molecule has 6 heteroatoms. The van der Waals surface area contributed by atoms with Gasteiger partial charge < -0.3 is 10.2 Å². The molecule has 2 aromatic rings. The summed E-state index contributed by atoms with van der Waals surface area (Å²) in [7, 11) is 0. The van der Waals surface area contributed by atoms with Crippen LogP contribution in [0.15, 0.2) is 42.5 Å². The van der Waals surface area contributed by atoms with Gasteiger partial charge in [-0.15, -0.1) is 0 Å². The number of hydrogen-bond acceptors (Lipinski definition) is 2. The summed E-state index contributed by atoms with van der Waals surface area (Å²) in [4.78, 5) is 25.9. The molecule has 0 saturated heterocycles. The quantitative estimate of drug-likeness (QED) is 0.924. The Morgan fingerprint density at radius 2 is 1.96 bits per heavy atom. The third-order valence-electron chi connectivity index (χ3n) is 4.00. The van der Waals surface area contributed by atoms with Crippen LogP contribution < -0.4 is 10.2 Å². The largest absolute Gasteiger partial charge is 0.350 e. The highest BCUT2D eigenvalue weighted by atomic mass is 35.5. The summed E-state index contributed by atoms with van der Waals surface area (Å²) in [6.07, 6.45) is 1.17. The number of para-hydroxylation sites is 1. The third kappa shape index (κ3) is 3.26. The second-order valence-corrected chi connectivity index (χ2v) is 5.93. The number of fused-ring (bicyclic) bond motifs is 1. The van der Waals surface area contributed by atoms with E-state index < -0.39 is 11.7 Å². The van der Waals surface area contributed by atoms with Gasteiger partial charge >= 0.3 is 0 Å². The summed E-state index contributed by atoms with van der Waals surface area (Å²) in [5.74, 6) is -1.23. The van der Waals surface area contributed by atoms with Crippen LogP contribution in [0, 0.1) is 5.82 Å². The van der Waals surface area contributed by atoms with Crippen molar-refractivity contribution >= 4 is 29.1 Å². The summed E-state index contributed by atoms with van der Waals surface area (Å²) in [6.45, 7) is 0.539.